The van der Waals surface area contributed by atoms with Crippen LogP contribution in [-0.4, -0.2) is 50.2 Å². The molecule has 0 aromatic carbocycles. The molecule has 2 N–H and O–H groups in total. The molecule has 7 heteroatoms. The minimum atomic E-state index is -1.06. The van der Waals surface area contributed by atoms with Gasteiger partial charge in [-0.2, -0.15) is 0 Å². The highest BCUT2D eigenvalue weighted by molar-refractivity contribution is 6.25. The van der Waals surface area contributed by atoms with Gasteiger partial charge in [-0.1, -0.05) is 128 Å². The topological polar surface area (TPSA) is 93.1 Å². The summed E-state index contributed by atoms with van der Waals surface area (Å²) in [6.07, 6.45) is 34.4. The zero-order chi connectivity index (χ0) is 31.6. The highest BCUT2D eigenvalue weighted by atomic mass is 27.2. The van der Waals surface area contributed by atoms with Crippen molar-refractivity contribution in [1.82, 2.24) is 0 Å². The average molecular weight is 622 g/mol. The fourth-order valence-corrected chi connectivity index (χ4v) is 5.46. The minimum Gasteiger partial charge on any atom is -0.589 e. The number of allylic oxidation sites excluding steroid dienone is 2. The van der Waals surface area contributed by atoms with Gasteiger partial charge in [0.2, 0.25) is 0 Å². The number of aliphatic hydroxyl groups excluding tert-OH is 2. The van der Waals surface area contributed by atoms with Crippen molar-refractivity contribution < 1.29 is 27.4 Å². The molecule has 2 atom stereocenters. The van der Waals surface area contributed by atoms with Crippen molar-refractivity contribution in [3.8, 4) is 0 Å². The van der Waals surface area contributed by atoms with Gasteiger partial charge in [0.05, 0.1) is 12.2 Å². The third-order valence-corrected chi connectivity index (χ3v) is 8.51. The van der Waals surface area contributed by atoms with Crippen LogP contribution in [0.15, 0.2) is 24.3 Å². The summed E-state index contributed by atoms with van der Waals surface area (Å²) in [5.74, 6) is -0.538. The smallest absolute Gasteiger partial charge is 0.589 e. The van der Waals surface area contributed by atoms with Crippen LogP contribution >= 0.6 is 0 Å². The summed E-state index contributed by atoms with van der Waals surface area (Å²) in [7, 11) is 0. The first-order valence-electron chi connectivity index (χ1n) is 17.9. The van der Waals surface area contributed by atoms with Crippen molar-refractivity contribution in [3.63, 3.8) is 0 Å². The van der Waals surface area contributed by atoms with Crippen molar-refractivity contribution in [2.45, 2.75) is 193 Å². The van der Waals surface area contributed by atoms with E-state index in [4.69, 9.17) is 7.58 Å². The van der Waals surface area contributed by atoms with Crippen molar-refractivity contribution in [3.05, 3.63) is 24.3 Å². The highest BCUT2D eigenvalue weighted by Gasteiger charge is 2.13. The third-order valence-electron chi connectivity index (χ3n) is 7.79. The molecule has 0 aromatic heterocycles. The molecule has 0 heterocycles. The highest BCUT2D eigenvalue weighted by Crippen LogP contribution is 2.12. The van der Waals surface area contributed by atoms with Crippen LogP contribution in [0, 0.1) is 0 Å². The Morgan fingerprint density at radius 3 is 1.33 bits per heavy atom. The number of unbranched alkanes of at least 4 members (excludes halogenated alkanes) is 16. The Bertz CT molecular complexity index is 625. The van der Waals surface area contributed by atoms with Gasteiger partial charge in [-0.15, -0.1) is 0 Å². The normalized spacial score (nSPS) is 13.0. The summed E-state index contributed by atoms with van der Waals surface area (Å²) in [4.78, 5) is 23.7. The third kappa shape index (κ3) is 33.6. The predicted molar refractivity (Wildman–Crippen MR) is 180 cm³/mol. The molecule has 0 rings (SSSR count). The lowest BCUT2D eigenvalue weighted by Gasteiger charge is -2.07. The molecule has 0 spiro atoms. The van der Waals surface area contributed by atoms with Gasteiger partial charge in [-0.25, -0.2) is 0 Å². The van der Waals surface area contributed by atoms with Crippen LogP contribution in [0.1, 0.15) is 181 Å². The second-order valence-corrected chi connectivity index (χ2v) is 12.8. The van der Waals surface area contributed by atoms with Crippen molar-refractivity contribution in [2.75, 3.05) is 0 Å². The molecule has 0 saturated heterocycles. The molecule has 0 saturated carbocycles. The Hall–Kier alpha value is -1.13. The minimum absolute atomic E-state index is 0.200. The lowest BCUT2D eigenvalue weighted by atomic mass is 10.1. The maximum Gasteiger partial charge on any atom is 0.885 e. The zero-order valence-electron chi connectivity index (χ0n) is 28.0. The second kappa shape index (κ2) is 33.8. The number of aliphatic hydroxyl groups is 2. The molecular formula is C36H66AlO6. The predicted octanol–water partition coefficient (Wildman–Crippen LogP) is 9.62. The second-order valence-electron chi connectivity index (χ2n) is 12.1. The largest absolute Gasteiger partial charge is 0.885 e. The summed E-state index contributed by atoms with van der Waals surface area (Å²) < 4.78 is 10.3. The lowest BCUT2D eigenvalue weighted by Crippen LogP contribution is -2.15. The van der Waals surface area contributed by atoms with E-state index in [1.165, 1.54) is 38.5 Å². The van der Waals surface area contributed by atoms with Crippen LogP contribution in [0.4, 0.5) is 0 Å². The van der Waals surface area contributed by atoms with E-state index in [2.05, 4.69) is 38.2 Å². The number of carbonyl (C=O) groups is 2. The molecule has 0 aliphatic heterocycles. The Labute approximate surface area is 271 Å². The fraction of sp³-hybridized carbons (Fsp3) is 0.833. The van der Waals surface area contributed by atoms with Gasteiger partial charge in [0.15, 0.2) is 0 Å². The van der Waals surface area contributed by atoms with Crippen molar-refractivity contribution in [1.29, 1.82) is 0 Å². The summed E-state index contributed by atoms with van der Waals surface area (Å²) in [6, 6.07) is 0. The Morgan fingerprint density at radius 1 is 0.535 bits per heavy atom. The number of hydrogen-bond donors (Lipinski definition) is 2. The average Bonchev–Trinajstić information content (AvgIpc) is 2.99. The molecule has 249 valence electrons. The summed E-state index contributed by atoms with van der Waals surface area (Å²) in [5.41, 5.74) is 0. The molecule has 0 aliphatic rings. The SMILES string of the molecule is CCCCCC[C@@H](O)C/C=C\CCCCCCCC(=O)[O][Al][O]C(=O)CCCCCCC/C=C\C[C@H](O)CCCCCC. The van der Waals surface area contributed by atoms with E-state index in [-0.39, 0.29) is 24.1 Å². The van der Waals surface area contributed by atoms with Crippen LogP contribution in [0.25, 0.3) is 0 Å². The molecule has 0 aliphatic carbocycles. The van der Waals surface area contributed by atoms with E-state index in [0.717, 1.165) is 116 Å². The molecular weight excluding hydrogens is 555 g/mol. The number of rotatable bonds is 32. The molecule has 0 amide bonds. The van der Waals surface area contributed by atoms with Crippen LogP contribution in [0.3, 0.4) is 0 Å². The molecule has 43 heavy (non-hydrogen) atoms. The van der Waals surface area contributed by atoms with Crippen molar-refractivity contribution >= 4 is 27.8 Å². The first-order valence-corrected chi connectivity index (χ1v) is 18.8. The van der Waals surface area contributed by atoms with Gasteiger partial charge < -0.3 is 17.8 Å². The van der Waals surface area contributed by atoms with E-state index in [0.29, 0.717) is 12.8 Å². The Kier molecular flexibility index (Phi) is 32.9. The summed E-state index contributed by atoms with van der Waals surface area (Å²) in [5, 5.41) is 19.9. The first-order chi connectivity index (χ1) is 21.0. The Balaban J connectivity index is 3.45. The monoisotopic (exact) mass is 621 g/mol. The van der Waals surface area contributed by atoms with E-state index in [1.807, 2.05) is 0 Å². The van der Waals surface area contributed by atoms with Gasteiger partial charge in [0.1, 0.15) is 0 Å². The molecule has 0 aromatic rings. The summed E-state index contributed by atoms with van der Waals surface area (Å²) in [6.45, 7) is 4.40. The molecule has 1 radical (unpaired) electrons. The van der Waals surface area contributed by atoms with Crippen molar-refractivity contribution in [2.24, 2.45) is 0 Å². The fourth-order valence-electron chi connectivity index (χ4n) is 4.96. The van der Waals surface area contributed by atoms with Gasteiger partial charge >= 0.3 is 15.9 Å². The maximum atomic E-state index is 11.9. The molecule has 0 unspecified atom stereocenters. The Morgan fingerprint density at radius 2 is 0.907 bits per heavy atom. The van der Waals surface area contributed by atoms with Crippen LogP contribution in [0.2, 0.25) is 0 Å². The molecule has 0 fully saturated rings. The van der Waals surface area contributed by atoms with Gasteiger partial charge in [-0.3, -0.25) is 9.59 Å². The number of hydrogen-bond acceptors (Lipinski definition) is 6. The van der Waals surface area contributed by atoms with Gasteiger partial charge in [0, 0.05) is 12.8 Å². The first kappa shape index (κ1) is 41.9. The summed E-state index contributed by atoms with van der Waals surface area (Å²) >= 11 is -1.06. The van der Waals surface area contributed by atoms with E-state index >= 15 is 0 Å². The standard InChI is InChI=1S/2C18H34O3.Al/c2*1-2-3-4-11-14-17(19)15-12-9-7-5-6-8-10-13-16-18(20)21;/h2*9,12,17,19H,2-8,10-11,13-16H2,1H3,(H,20,21);/q;;+2/p-2/b2*12-9-;/t2*17-;/m11./s1. The van der Waals surface area contributed by atoms with E-state index < -0.39 is 15.9 Å². The van der Waals surface area contributed by atoms with E-state index in [1.54, 1.807) is 0 Å². The van der Waals surface area contributed by atoms with Gasteiger partial charge in [-0.05, 0) is 64.2 Å². The maximum absolute atomic E-state index is 11.9. The quantitative estimate of drug-likeness (QED) is 0.0441. The van der Waals surface area contributed by atoms with Gasteiger partial charge in [0.25, 0.3) is 11.9 Å². The molecule has 0 bridgehead atoms. The zero-order valence-corrected chi connectivity index (χ0v) is 29.1. The van der Waals surface area contributed by atoms with Crippen LogP contribution < -0.4 is 0 Å². The van der Waals surface area contributed by atoms with Crippen LogP contribution in [-0.2, 0) is 17.2 Å². The van der Waals surface area contributed by atoms with E-state index in [9.17, 15) is 19.8 Å². The lowest BCUT2D eigenvalue weighted by molar-refractivity contribution is -0.139. The number of carbonyl (C=O) groups excluding carboxylic acids is 2. The molecule has 6 nitrogen and oxygen atoms in total. The van der Waals surface area contributed by atoms with Crippen LogP contribution in [0.5, 0.6) is 0 Å².